The standard InChI is InChI=1S/C7H12Br2O3/c1-11-3-5(8)7(10)6(9)4-12-2/h5-6H,3-4H2,1-2H3. The number of alkyl halides is 2. The fraction of sp³-hybridized carbons (Fsp3) is 0.857. The second-order valence-corrected chi connectivity index (χ2v) is 4.46. The van der Waals surface area contributed by atoms with Crippen LogP contribution in [-0.4, -0.2) is 42.9 Å². The smallest absolute Gasteiger partial charge is 0.164 e. The van der Waals surface area contributed by atoms with E-state index in [0.717, 1.165) is 0 Å². The van der Waals surface area contributed by atoms with Crippen LogP contribution in [0.5, 0.6) is 0 Å². The molecule has 2 unspecified atom stereocenters. The average Bonchev–Trinajstić information content (AvgIpc) is 2.04. The lowest BCUT2D eigenvalue weighted by Crippen LogP contribution is -2.30. The van der Waals surface area contributed by atoms with Gasteiger partial charge in [0, 0.05) is 14.2 Å². The molecule has 0 aliphatic heterocycles. The molecule has 0 saturated heterocycles. The molecule has 0 bridgehead atoms. The molecule has 0 aromatic rings. The van der Waals surface area contributed by atoms with Crippen LogP contribution in [0.3, 0.4) is 0 Å². The minimum atomic E-state index is -0.262. The quantitative estimate of drug-likeness (QED) is 0.695. The van der Waals surface area contributed by atoms with E-state index in [-0.39, 0.29) is 15.4 Å². The molecular formula is C7H12Br2O3. The number of hydrogen-bond acceptors (Lipinski definition) is 3. The van der Waals surface area contributed by atoms with Gasteiger partial charge in [0.05, 0.1) is 22.9 Å². The number of carbonyl (C=O) groups excluding carboxylic acids is 1. The van der Waals surface area contributed by atoms with E-state index in [1.54, 1.807) is 14.2 Å². The molecule has 0 N–H and O–H groups in total. The maximum atomic E-state index is 11.4. The fourth-order valence-corrected chi connectivity index (χ4v) is 2.17. The van der Waals surface area contributed by atoms with Crippen LogP contribution in [-0.2, 0) is 14.3 Å². The van der Waals surface area contributed by atoms with E-state index in [9.17, 15) is 4.79 Å². The summed E-state index contributed by atoms with van der Waals surface area (Å²) in [5.74, 6) is 0.0405. The van der Waals surface area contributed by atoms with Crippen molar-refractivity contribution in [1.82, 2.24) is 0 Å². The third kappa shape index (κ3) is 4.54. The Labute approximate surface area is 89.1 Å². The molecule has 3 nitrogen and oxygen atoms in total. The van der Waals surface area contributed by atoms with E-state index in [1.165, 1.54) is 0 Å². The molecule has 0 spiro atoms. The van der Waals surface area contributed by atoms with Crippen molar-refractivity contribution in [3.05, 3.63) is 0 Å². The molecular weight excluding hydrogens is 292 g/mol. The predicted molar refractivity (Wildman–Crippen MR) is 54.2 cm³/mol. The SMILES string of the molecule is COCC(Br)C(=O)C(Br)COC. The highest BCUT2D eigenvalue weighted by molar-refractivity contribution is 9.10. The zero-order valence-electron chi connectivity index (χ0n) is 7.05. The lowest BCUT2D eigenvalue weighted by atomic mass is 10.2. The van der Waals surface area contributed by atoms with E-state index in [2.05, 4.69) is 31.9 Å². The van der Waals surface area contributed by atoms with Crippen LogP contribution >= 0.6 is 31.9 Å². The topological polar surface area (TPSA) is 35.5 Å². The van der Waals surface area contributed by atoms with Crippen LogP contribution in [0, 0.1) is 0 Å². The van der Waals surface area contributed by atoms with Crippen LogP contribution < -0.4 is 0 Å². The summed E-state index contributed by atoms with van der Waals surface area (Å²) in [7, 11) is 3.11. The molecule has 0 aromatic heterocycles. The molecule has 0 rings (SSSR count). The van der Waals surface area contributed by atoms with Gasteiger partial charge in [0.25, 0.3) is 0 Å². The first-order valence-electron chi connectivity index (χ1n) is 3.43. The highest BCUT2D eigenvalue weighted by atomic mass is 79.9. The highest BCUT2D eigenvalue weighted by Gasteiger charge is 2.22. The van der Waals surface area contributed by atoms with E-state index in [0.29, 0.717) is 13.2 Å². The Morgan fingerprint density at radius 2 is 1.50 bits per heavy atom. The summed E-state index contributed by atoms with van der Waals surface area (Å²) in [6.07, 6.45) is 0. The maximum absolute atomic E-state index is 11.4. The second-order valence-electron chi connectivity index (χ2n) is 2.25. The van der Waals surface area contributed by atoms with Crippen LogP contribution in [0.2, 0.25) is 0 Å². The van der Waals surface area contributed by atoms with E-state index in [4.69, 9.17) is 9.47 Å². The van der Waals surface area contributed by atoms with Gasteiger partial charge in [-0.2, -0.15) is 0 Å². The molecule has 0 heterocycles. The largest absolute Gasteiger partial charge is 0.383 e. The third-order valence-corrected chi connectivity index (χ3v) is 2.67. The van der Waals surface area contributed by atoms with Gasteiger partial charge in [-0.1, -0.05) is 31.9 Å². The lowest BCUT2D eigenvalue weighted by molar-refractivity contribution is -0.119. The Bertz CT molecular complexity index is 127. The number of hydrogen-bond donors (Lipinski definition) is 0. The average molecular weight is 304 g/mol. The normalized spacial score (nSPS) is 15.7. The van der Waals surface area contributed by atoms with Gasteiger partial charge in [0.1, 0.15) is 0 Å². The van der Waals surface area contributed by atoms with Crippen molar-refractivity contribution in [1.29, 1.82) is 0 Å². The molecule has 0 aliphatic carbocycles. The predicted octanol–water partition coefficient (Wildman–Crippen LogP) is 1.38. The van der Waals surface area contributed by atoms with Gasteiger partial charge in [-0.05, 0) is 0 Å². The number of Topliss-reactive ketones (excluding diaryl/α,β-unsaturated/α-hetero) is 1. The van der Waals surface area contributed by atoms with Crippen molar-refractivity contribution < 1.29 is 14.3 Å². The third-order valence-electron chi connectivity index (χ3n) is 1.24. The van der Waals surface area contributed by atoms with Gasteiger partial charge in [-0.3, -0.25) is 4.79 Å². The van der Waals surface area contributed by atoms with Crippen LogP contribution in [0.4, 0.5) is 0 Å². The van der Waals surface area contributed by atoms with Crippen molar-refractivity contribution >= 4 is 37.6 Å². The minimum Gasteiger partial charge on any atom is -0.383 e. The van der Waals surface area contributed by atoms with Crippen LogP contribution in [0.25, 0.3) is 0 Å². The highest BCUT2D eigenvalue weighted by Crippen LogP contribution is 2.11. The molecule has 0 aromatic carbocycles. The molecule has 0 saturated carbocycles. The maximum Gasteiger partial charge on any atom is 0.164 e. The Kier molecular flexibility index (Phi) is 7.32. The lowest BCUT2D eigenvalue weighted by Gasteiger charge is -2.11. The van der Waals surface area contributed by atoms with Crippen LogP contribution in [0.1, 0.15) is 0 Å². The first-order valence-corrected chi connectivity index (χ1v) is 5.26. The number of halogens is 2. The molecule has 2 atom stereocenters. The molecule has 72 valence electrons. The monoisotopic (exact) mass is 302 g/mol. The Hall–Kier alpha value is 0.550. The molecule has 0 amide bonds. The van der Waals surface area contributed by atoms with Crippen molar-refractivity contribution in [2.45, 2.75) is 9.65 Å². The van der Waals surface area contributed by atoms with Crippen molar-refractivity contribution in [2.24, 2.45) is 0 Å². The summed E-state index contributed by atoms with van der Waals surface area (Å²) in [6, 6.07) is 0. The van der Waals surface area contributed by atoms with Crippen molar-refractivity contribution in [3.8, 4) is 0 Å². The number of rotatable bonds is 6. The minimum absolute atomic E-state index is 0.0405. The summed E-state index contributed by atoms with van der Waals surface area (Å²) in [4.78, 5) is 10.8. The van der Waals surface area contributed by atoms with Gasteiger partial charge in [-0.25, -0.2) is 0 Å². The van der Waals surface area contributed by atoms with Gasteiger partial charge < -0.3 is 9.47 Å². The van der Waals surface area contributed by atoms with E-state index < -0.39 is 0 Å². The number of ether oxygens (including phenoxy) is 2. The zero-order chi connectivity index (χ0) is 9.56. The summed E-state index contributed by atoms with van der Waals surface area (Å²) < 4.78 is 9.65. The summed E-state index contributed by atoms with van der Waals surface area (Å²) >= 11 is 6.43. The number of ketones is 1. The van der Waals surface area contributed by atoms with E-state index >= 15 is 0 Å². The number of methoxy groups -OCH3 is 2. The molecule has 12 heavy (non-hydrogen) atoms. The molecule has 0 fully saturated rings. The first-order chi connectivity index (χ1) is 5.63. The summed E-state index contributed by atoms with van der Waals surface area (Å²) in [5, 5.41) is 0. The van der Waals surface area contributed by atoms with Gasteiger partial charge in [0.2, 0.25) is 0 Å². The summed E-state index contributed by atoms with van der Waals surface area (Å²) in [6.45, 7) is 0.759. The Balaban J connectivity index is 3.82. The summed E-state index contributed by atoms with van der Waals surface area (Å²) in [5.41, 5.74) is 0. The van der Waals surface area contributed by atoms with E-state index in [1.807, 2.05) is 0 Å². The zero-order valence-corrected chi connectivity index (χ0v) is 10.2. The first kappa shape index (κ1) is 12.6. The number of carbonyl (C=O) groups is 1. The van der Waals surface area contributed by atoms with Gasteiger partial charge in [-0.15, -0.1) is 0 Å². The fourth-order valence-electron chi connectivity index (χ4n) is 0.653. The molecule has 0 aliphatic rings. The van der Waals surface area contributed by atoms with Gasteiger partial charge in [0.15, 0.2) is 5.78 Å². The van der Waals surface area contributed by atoms with Crippen molar-refractivity contribution in [2.75, 3.05) is 27.4 Å². The molecule has 0 radical (unpaired) electrons. The van der Waals surface area contributed by atoms with Crippen molar-refractivity contribution in [3.63, 3.8) is 0 Å². The molecule has 5 heteroatoms. The van der Waals surface area contributed by atoms with Gasteiger partial charge >= 0.3 is 0 Å². The second kappa shape index (κ2) is 7.00. The Morgan fingerprint density at radius 1 is 1.17 bits per heavy atom. The Morgan fingerprint density at radius 3 is 1.75 bits per heavy atom. The van der Waals surface area contributed by atoms with Crippen LogP contribution in [0.15, 0.2) is 0 Å².